The third-order valence-corrected chi connectivity index (χ3v) is 3.37. The molecule has 1 aliphatic carbocycles. The molecule has 0 unspecified atom stereocenters. The van der Waals surface area contributed by atoms with Crippen LogP contribution in [-0.2, 0) is 11.3 Å². The van der Waals surface area contributed by atoms with Crippen molar-refractivity contribution in [1.82, 2.24) is 10.3 Å². The highest BCUT2D eigenvalue weighted by Gasteiger charge is 2.24. The quantitative estimate of drug-likeness (QED) is 0.713. The van der Waals surface area contributed by atoms with Gasteiger partial charge >= 0.3 is 0 Å². The molecule has 88 valence electrons. The van der Waals surface area contributed by atoms with Crippen LogP contribution in [0.3, 0.4) is 0 Å². The molecule has 0 radical (unpaired) electrons. The molecule has 4 heteroatoms. The fourth-order valence-corrected chi connectivity index (χ4v) is 2.31. The van der Waals surface area contributed by atoms with Crippen LogP contribution in [0, 0.1) is 5.92 Å². The summed E-state index contributed by atoms with van der Waals surface area (Å²) in [5.74, 6) is -0.0358. The highest BCUT2D eigenvalue weighted by Crippen LogP contribution is 2.23. The minimum absolute atomic E-state index is 0.100. The molecular weight excluding hydrogens is 202 g/mol. The number of aromatic nitrogens is 1. The SMILES string of the molecule is NC(=O)C1CCC(NCc2ccc[nH]2)CC1. The van der Waals surface area contributed by atoms with E-state index < -0.39 is 0 Å². The number of nitrogens with one attached hydrogen (secondary N) is 2. The average molecular weight is 221 g/mol. The third kappa shape index (κ3) is 2.85. The Hall–Kier alpha value is -1.29. The van der Waals surface area contributed by atoms with Crippen molar-refractivity contribution in [3.63, 3.8) is 0 Å². The minimum Gasteiger partial charge on any atom is -0.369 e. The molecule has 1 amide bonds. The van der Waals surface area contributed by atoms with E-state index in [4.69, 9.17) is 5.73 Å². The van der Waals surface area contributed by atoms with Crippen molar-refractivity contribution in [2.75, 3.05) is 0 Å². The number of H-pyrrole nitrogens is 1. The van der Waals surface area contributed by atoms with Crippen LogP contribution in [0.25, 0.3) is 0 Å². The number of nitrogens with two attached hydrogens (primary N) is 1. The van der Waals surface area contributed by atoms with E-state index in [1.807, 2.05) is 12.3 Å². The summed E-state index contributed by atoms with van der Waals surface area (Å²) in [6.07, 6.45) is 5.89. The van der Waals surface area contributed by atoms with Crippen LogP contribution in [0.1, 0.15) is 31.4 Å². The van der Waals surface area contributed by atoms with E-state index in [9.17, 15) is 4.79 Å². The number of carbonyl (C=O) groups excluding carboxylic acids is 1. The first-order valence-electron chi connectivity index (χ1n) is 5.90. The summed E-state index contributed by atoms with van der Waals surface area (Å²) in [6, 6.07) is 4.60. The van der Waals surface area contributed by atoms with Crippen molar-refractivity contribution in [2.24, 2.45) is 11.7 Å². The number of hydrogen-bond donors (Lipinski definition) is 3. The normalized spacial score (nSPS) is 25.5. The molecule has 0 aliphatic heterocycles. The predicted octanol–water partition coefficient (Wildman–Crippen LogP) is 1.15. The molecule has 4 N–H and O–H groups in total. The first-order valence-corrected chi connectivity index (χ1v) is 5.90. The molecule has 1 saturated carbocycles. The van der Waals surface area contributed by atoms with Crippen molar-refractivity contribution in [2.45, 2.75) is 38.3 Å². The van der Waals surface area contributed by atoms with Gasteiger partial charge in [0.2, 0.25) is 5.91 Å². The van der Waals surface area contributed by atoms with Gasteiger partial charge in [-0.2, -0.15) is 0 Å². The van der Waals surface area contributed by atoms with Gasteiger partial charge in [0.1, 0.15) is 0 Å². The summed E-state index contributed by atoms with van der Waals surface area (Å²) < 4.78 is 0. The van der Waals surface area contributed by atoms with Crippen molar-refractivity contribution < 1.29 is 4.79 Å². The van der Waals surface area contributed by atoms with Crippen LogP contribution in [0.2, 0.25) is 0 Å². The monoisotopic (exact) mass is 221 g/mol. The zero-order valence-corrected chi connectivity index (χ0v) is 9.41. The number of rotatable bonds is 4. The molecule has 0 bridgehead atoms. The molecule has 0 atom stereocenters. The smallest absolute Gasteiger partial charge is 0.220 e. The van der Waals surface area contributed by atoms with Gasteiger partial charge in [-0.15, -0.1) is 0 Å². The largest absolute Gasteiger partial charge is 0.369 e. The highest BCUT2D eigenvalue weighted by atomic mass is 16.1. The molecule has 16 heavy (non-hydrogen) atoms. The van der Waals surface area contributed by atoms with Crippen molar-refractivity contribution in [1.29, 1.82) is 0 Å². The van der Waals surface area contributed by atoms with E-state index in [1.165, 1.54) is 5.69 Å². The molecular formula is C12H19N3O. The number of carbonyl (C=O) groups is 1. The Balaban J connectivity index is 1.71. The van der Waals surface area contributed by atoms with Crippen LogP contribution >= 0.6 is 0 Å². The second-order valence-electron chi connectivity index (χ2n) is 4.53. The highest BCUT2D eigenvalue weighted by molar-refractivity contribution is 5.76. The number of aromatic amines is 1. The van der Waals surface area contributed by atoms with Gasteiger partial charge in [0.25, 0.3) is 0 Å². The first-order chi connectivity index (χ1) is 7.75. The fourth-order valence-electron chi connectivity index (χ4n) is 2.31. The summed E-state index contributed by atoms with van der Waals surface area (Å²) in [5.41, 5.74) is 6.50. The van der Waals surface area contributed by atoms with Crippen LogP contribution in [0.4, 0.5) is 0 Å². The van der Waals surface area contributed by atoms with Crippen LogP contribution in [0.5, 0.6) is 0 Å². The maximum absolute atomic E-state index is 11.0. The van der Waals surface area contributed by atoms with Crippen molar-refractivity contribution >= 4 is 5.91 Å². The lowest BCUT2D eigenvalue weighted by molar-refractivity contribution is -0.122. The number of primary amides is 1. The van der Waals surface area contributed by atoms with Gasteiger partial charge in [-0.1, -0.05) is 0 Å². The fraction of sp³-hybridized carbons (Fsp3) is 0.583. The van der Waals surface area contributed by atoms with Gasteiger partial charge in [-0.3, -0.25) is 4.79 Å². The topological polar surface area (TPSA) is 70.9 Å². The van der Waals surface area contributed by atoms with Crippen LogP contribution < -0.4 is 11.1 Å². The first kappa shape index (κ1) is 11.2. The van der Waals surface area contributed by atoms with E-state index in [0.717, 1.165) is 32.2 Å². The second kappa shape index (κ2) is 5.16. The summed E-state index contributed by atoms with van der Waals surface area (Å²) in [5, 5.41) is 3.50. The minimum atomic E-state index is -0.136. The molecule has 4 nitrogen and oxygen atoms in total. The van der Waals surface area contributed by atoms with Crippen molar-refractivity contribution in [3.8, 4) is 0 Å². The Bertz CT molecular complexity index is 326. The van der Waals surface area contributed by atoms with E-state index >= 15 is 0 Å². The summed E-state index contributed by atoms with van der Waals surface area (Å²) >= 11 is 0. The molecule has 1 aliphatic rings. The van der Waals surface area contributed by atoms with Crippen LogP contribution in [0.15, 0.2) is 18.3 Å². The molecule has 0 spiro atoms. The van der Waals surface area contributed by atoms with Gasteiger partial charge in [0.15, 0.2) is 0 Å². The Kier molecular flexibility index (Phi) is 3.62. The molecule has 2 rings (SSSR count). The van der Waals surface area contributed by atoms with Gasteiger partial charge in [-0.05, 0) is 37.8 Å². The van der Waals surface area contributed by atoms with Gasteiger partial charge in [0.05, 0.1) is 0 Å². The summed E-state index contributed by atoms with van der Waals surface area (Å²) in [4.78, 5) is 14.2. The van der Waals surface area contributed by atoms with Crippen molar-refractivity contribution in [3.05, 3.63) is 24.0 Å². The van der Waals surface area contributed by atoms with E-state index in [1.54, 1.807) is 0 Å². The zero-order chi connectivity index (χ0) is 11.4. The number of hydrogen-bond acceptors (Lipinski definition) is 2. The lowest BCUT2D eigenvalue weighted by Crippen LogP contribution is -2.36. The van der Waals surface area contributed by atoms with E-state index in [2.05, 4.69) is 16.4 Å². The lowest BCUT2D eigenvalue weighted by Gasteiger charge is -2.27. The van der Waals surface area contributed by atoms with Gasteiger partial charge < -0.3 is 16.0 Å². The van der Waals surface area contributed by atoms with Crippen LogP contribution in [-0.4, -0.2) is 16.9 Å². The van der Waals surface area contributed by atoms with Gasteiger partial charge in [-0.25, -0.2) is 0 Å². The Morgan fingerprint density at radius 3 is 2.75 bits per heavy atom. The Labute approximate surface area is 95.6 Å². The van der Waals surface area contributed by atoms with E-state index in [-0.39, 0.29) is 11.8 Å². The molecule has 0 aromatic carbocycles. The predicted molar refractivity (Wildman–Crippen MR) is 62.6 cm³/mol. The molecule has 0 saturated heterocycles. The standard InChI is InChI=1S/C12H19N3O/c13-12(16)9-3-5-10(6-4-9)15-8-11-2-1-7-14-11/h1-2,7,9-10,14-15H,3-6,8H2,(H2,13,16). The lowest BCUT2D eigenvalue weighted by atomic mass is 9.85. The maximum Gasteiger partial charge on any atom is 0.220 e. The van der Waals surface area contributed by atoms with Gasteiger partial charge in [0, 0.05) is 30.4 Å². The maximum atomic E-state index is 11.0. The third-order valence-electron chi connectivity index (χ3n) is 3.37. The summed E-state index contributed by atoms with van der Waals surface area (Å²) in [7, 11) is 0. The zero-order valence-electron chi connectivity index (χ0n) is 9.41. The van der Waals surface area contributed by atoms with E-state index in [0.29, 0.717) is 6.04 Å². The molecule has 1 heterocycles. The molecule has 1 fully saturated rings. The average Bonchev–Trinajstić information content (AvgIpc) is 2.80. The number of amides is 1. The molecule has 1 aromatic rings. The summed E-state index contributed by atoms with van der Waals surface area (Å²) in [6.45, 7) is 0.874. The Morgan fingerprint density at radius 2 is 2.19 bits per heavy atom. The Morgan fingerprint density at radius 1 is 1.44 bits per heavy atom. The molecule has 1 aromatic heterocycles. The second-order valence-corrected chi connectivity index (χ2v) is 4.53.